The van der Waals surface area contributed by atoms with E-state index >= 15 is 0 Å². The van der Waals surface area contributed by atoms with Gasteiger partial charge in [-0.3, -0.25) is 10.1 Å². The Labute approximate surface area is 98.4 Å². The highest BCUT2D eigenvalue weighted by atomic mass is 16.6. The maximum atomic E-state index is 10.5. The van der Waals surface area contributed by atoms with E-state index < -0.39 is 4.92 Å². The molecule has 0 atom stereocenters. The van der Waals surface area contributed by atoms with Gasteiger partial charge in [-0.25, -0.2) is 4.98 Å². The minimum Gasteiger partial charge on any atom is -0.504 e. The van der Waals surface area contributed by atoms with E-state index in [9.17, 15) is 15.2 Å². The Hall–Kier alpha value is -1.89. The highest BCUT2D eigenvalue weighted by Gasteiger charge is 2.20. The molecule has 1 aromatic rings. The zero-order chi connectivity index (χ0) is 12.4. The summed E-state index contributed by atoms with van der Waals surface area (Å²) >= 11 is 0. The lowest BCUT2D eigenvalue weighted by Gasteiger charge is -2.33. The van der Waals surface area contributed by atoms with Crippen LogP contribution in [0.3, 0.4) is 0 Å². The molecule has 0 bridgehead atoms. The van der Waals surface area contributed by atoms with Crippen molar-refractivity contribution in [3.8, 4) is 5.75 Å². The quantitative estimate of drug-likeness (QED) is 0.595. The van der Waals surface area contributed by atoms with E-state index in [0.29, 0.717) is 5.82 Å². The number of rotatable bonds is 2. The average molecular weight is 238 g/mol. The number of hydrogen-bond donors (Lipinski definition) is 1. The summed E-state index contributed by atoms with van der Waals surface area (Å²) in [6, 6.07) is 1.14. The van der Waals surface area contributed by atoms with Gasteiger partial charge in [0.15, 0.2) is 11.6 Å². The molecule has 1 fully saturated rings. The maximum Gasteiger partial charge on any atom is 0.291 e. The van der Waals surface area contributed by atoms with E-state index in [1.165, 1.54) is 6.20 Å². The number of aromatic nitrogens is 1. The molecule has 0 amide bonds. The number of pyridine rings is 1. The first-order valence-electron chi connectivity index (χ1n) is 5.35. The van der Waals surface area contributed by atoms with E-state index in [4.69, 9.17) is 0 Å². The van der Waals surface area contributed by atoms with Crippen LogP contribution in [0.15, 0.2) is 12.3 Å². The molecular formula is C10H14N4O3. The predicted molar refractivity (Wildman–Crippen MR) is 62.3 cm³/mol. The monoisotopic (exact) mass is 238 g/mol. The molecule has 2 rings (SSSR count). The first-order valence-corrected chi connectivity index (χ1v) is 5.35. The van der Waals surface area contributed by atoms with Crippen molar-refractivity contribution >= 4 is 11.5 Å². The predicted octanol–water partition coefficient (Wildman–Crippen LogP) is 0.447. The van der Waals surface area contributed by atoms with Crippen LogP contribution >= 0.6 is 0 Å². The largest absolute Gasteiger partial charge is 0.504 e. The zero-order valence-electron chi connectivity index (χ0n) is 9.54. The molecular weight excluding hydrogens is 224 g/mol. The van der Waals surface area contributed by atoms with Crippen molar-refractivity contribution < 1.29 is 10.0 Å². The van der Waals surface area contributed by atoms with Crippen LogP contribution in [0.4, 0.5) is 11.5 Å². The van der Waals surface area contributed by atoms with Gasteiger partial charge in [0.1, 0.15) is 6.20 Å². The minimum atomic E-state index is -0.569. The van der Waals surface area contributed by atoms with Crippen LogP contribution in [0.2, 0.25) is 0 Å². The molecule has 7 heteroatoms. The average Bonchev–Trinajstić information content (AvgIpc) is 2.30. The van der Waals surface area contributed by atoms with Crippen LogP contribution in [0.1, 0.15) is 0 Å². The van der Waals surface area contributed by atoms with E-state index in [0.717, 1.165) is 32.2 Å². The molecule has 17 heavy (non-hydrogen) atoms. The lowest BCUT2D eigenvalue weighted by Crippen LogP contribution is -2.44. The fourth-order valence-corrected chi connectivity index (χ4v) is 1.80. The van der Waals surface area contributed by atoms with Crippen molar-refractivity contribution in [3.05, 3.63) is 22.4 Å². The summed E-state index contributed by atoms with van der Waals surface area (Å²) in [7, 11) is 2.03. The van der Waals surface area contributed by atoms with Crippen molar-refractivity contribution in [3.63, 3.8) is 0 Å². The second-order valence-corrected chi connectivity index (χ2v) is 4.08. The molecule has 0 saturated carbocycles. The normalized spacial score (nSPS) is 17.1. The molecule has 2 heterocycles. The lowest BCUT2D eigenvalue weighted by molar-refractivity contribution is -0.385. The summed E-state index contributed by atoms with van der Waals surface area (Å²) in [6.45, 7) is 3.29. The summed E-state index contributed by atoms with van der Waals surface area (Å²) in [5.41, 5.74) is -0.194. The van der Waals surface area contributed by atoms with Gasteiger partial charge in [0.2, 0.25) is 0 Å². The van der Waals surface area contributed by atoms with Crippen molar-refractivity contribution in [2.75, 3.05) is 38.1 Å². The molecule has 1 saturated heterocycles. The Morgan fingerprint density at radius 2 is 2.06 bits per heavy atom. The molecule has 0 aromatic carbocycles. The van der Waals surface area contributed by atoms with Gasteiger partial charge in [-0.05, 0) is 7.05 Å². The van der Waals surface area contributed by atoms with Gasteiger partial charge in [0.05, 0.1) is 11.0 Å². The summed E-state index contributed by atoms with van der Waals surface area (Å²) in [6.07, 6.45) is 1.17. The third-order valence-electron chi connectivity index (χ3n) is 2.85. The SMILES string of the molecule is CN1CCN(c2ncc([N+](=O)[O-])cc2O)CC1. The molecule has 1 aliphatic heterocycles. The Bertz CT molecular complexity index is 430. The van der Waals surface area contributed by atoms with Gasteiger partial charge >= 0.3 is 0 Å². The number of aromatic hydroxyl groups is 1. The van der Waals surface area contributed by atoms with Crippen molar-refractivity contribution in [2.45, 2.75) is 0 Å². The highest BCUT2D eigenvalue weighted by molar-refractivity contribution is 5.55. The van der Waals surface area contributed by atoms with Gasteiger partial charge in [0.25, 0.3) is 5.69 Å². The van der Waals surface area contributed by atoms with E-state index in [-0.39, 0.29) is 11.4 Å². The van der Waals surface area contributed by atoms with Gasteiger partial charge < -0.3 is 14.9 Å². The Morgan fingerprint density at radius 3 is 2.59 bits per heavy atom. The van der Waals surface area contributed by atoms with Crippen LogP contribution in [-0.4, -0.2) is 53.1 Å². The third-order valence-corrected chi connectivity index (χ3v) is 2.85. The maximum absolute atomic E-state index is 10.5. The van der Waals surface area contributed by atoms with E-state index in [1.807, 2.05) is 11.9 Å². The molecule has 7 nitrogen and oxygen atoms in total. The van der Waals surface area contributed by atoms with Crippen LogP contribution in [-0.2, 0) is 0 Å². The van der Waals surface area contributed by atoms with Gasteiger partial charge in [-0.15, -0.1) is 0 Å². The fraction of sp³-hybridized carbons (Fsp3) is 0.500. The topological polar surface area (TPSA) is 82.7 Å². The van der Waals surface area contributed by atoms with Gasteiger partial charge in [-0.1, -0.05) is 0 Å². The zero-order valence-corrected chi connectivity index (χ0v) is 9.54. The minimum absolute atomic E-state index is 0.135. The summed E-state index contributed by atoms with van der Waals surface area (Å²) in [4.78, 5) is 18.0. The lowest BCUT2D eigenvalue weighted by atomic mass is 10.3. The molecule has 1 aromatic heterocycles. The number of piperazine rings is 1. The van der Waals surface area contributed by atoms with Crippen molar-refractivity contribution in [2.24, 2.45) is 0 Å². The standard InChI is InChI=1S/C10H14N4O3/c1-12-2-4-13(5-3-12)10-9(15)6-8(7-11-10)14(16)17/h6-7,15H,2-5H2,1H3. The molecule has 1 aliphatic rings. The molecule has 0 spiro atoms. The van der Waals surface area contributed by atoms with Crippen LogP contribution in [0, 0.1) is 10.1 Å². The number of nitrogens with zero attached hydrogens (tertiary/aromatic N) is 4. The number of nitro groups is 1. The second kappa shape index (κ2) is 4.54. The number of hydrogen-bond acceptors (Lipinski definition) is 6. The van der Waals surface area contributed by atoms with Crippen LogP contribution < -0.4 is 4.90 Å². The van der Waals surface area contributed by atoms with Gasteiger partial charge in [0, 0.05) is 26.2 Å². The summed E-state index contributed by atoms with van der Waals surface area (Å²) in [5, 5.41) is 20.3. The summed E-state index contributed by atoms with van der Waals surface area (Å²) in [5.74, 6) is 0.285. The first-order chi connectivity index (χ1) is 8.08. The number of likely N-dealkylation sites (N-methyl/N-ethyl adjacent to an activating group) is 1. The number of anilines is 1. The molecule has 0 aliphatic carbocycles. The first kappa shape index (κ1) is 11.6. The Balaban J connectivity index is 2.19. The van der Waals surface area contributed by atoms with Crippen molar-refractivity contribution in [1.82, 2.24) is 9.88 Å². The fourth-order valence-electron chi connectivity index (χ4n) is 1.80. The smallest absolute Gasteiger partial charge is 0.291 e. The molecule has 0 radical (unpaired) electrons. The van der Waals surface area contributed by atoms with Crippen molar-refractivity contribution in [1.29, 1.82) is 0 Å². The molecule has 1 N–H and O–H groups in total. The summed E-state index contributed by atoms with van der Waals surface area (Å²) < 4.78 is 0. The Morgan fingerprint density at radius 1 is 1.41 bits per heavy atom. The van der Waals surface area contributed by atoms with Crippen LogP contribution in [0.5, 0.6) is 5.75 Å². The van der Waals surface area contributed by atoms with E-state index in [1.54, 1.807) is 0 Å². The Kier molecular flexibility index (Phi) is 3.10. The molecule has 0 unspecified atom stereocenters. The van der Waals surface area contributed by atoms with Crippen LogP contribution in [0.25, 0.3) is 0 Å². The van der Waals surface area contributed by atoms with Gasteiger partial charge in [-0.2, -0.15) is 0 Å². The highest BCUT2D eigenvalue weighted by Crippen LogP contribution is 2.28. The second-order valence-electron chi connectivity index (χ2n) is 4.08. The molecule has 92 valence electrons. The van der Waals surface area contributed by atoms with E-state index in [2.05, 4.69) is 9.88 Å². The third kappa shape index (κ3) is 2.44.